The number of aryl methyl sites for hydroxylation is 1. The third kappa shape index (κ3) is 4.04. The Hall–Kier alpha value is -1.93. The van der Waals surface area contributed by atoms with Crippen molar-refractivity contribution in [3.63, 3.8) is 0 Å². The van der Waals surface area contributed by atoms with E-state index in [9.17, 15) is 10.1 Å². The SMILES string of the molecule is O=[N+]([O-])C1C=CNC1NNCCCCc1ccon1. The van der Waals surface area contributed by atoms with Gasteiger partial charge in [-0.25, -0.2) is 5.43 Å². The van der Waals surface area contributed by atoms with Gasteiger partial charge in [0.15, 0.2) is 6.17 Å². The van der Waals surface area contributed by atoms with Crippen LogP contribution in [0.4, 0.5) is 0 Å². The Labute approximate surface area is 110 Å². The van der Waals surface area contributed by atoms with Gasteiger partial charge in [0.05, 0.1) is 5.69 Å². The molecule has 1 aliphatic heterocycles. The first-order valence-corrected chi connectivity index (χ1v) is 6.21. The lowest BCUT2D eigenvalue weighted by Crippen LogP contribution is -2.53. The van der Waals surface area contributed by atoms with Crippen molar-refractivity contribution in [3.8, 4) is 0 Å². The summed E-state index contributed by atoms with van der Waals surface area (Å²) in [4.78, 5) is 10.4. The molecule has 0 fully saturated rings. The molecule has 1 aromatic heterocycles. The Kier molecular flexibility index (Phi) is 4.87. The van der Waals surface area contributed by atoms with Crippen LogP contribution in [0.3, 0.4) is 0 Å². The molecule has 2 heterocycles. The highest BCUT2D eigenvalue weighted by Crippen LogP contribution is 2.04. The lowest BCUT2D eigenvalue weighted by Gasteiger charge is -2.16. The van der Waals surface area contributed by atoms with Crippen LogP contribution in [0, 0.1) is 10.1 Å². The Balaban J connectivity index is 1.53. The van der Waals surface area contributed by atoms with E-state index in [4.69, 9.17) is 4.52 Å². The molecule has 8 heteroatoms. The molecule has 0 amide bonds. The van der Waals surface area contributed by atoms with Crippen LogP contribution in [0.15, 0.2) is 29.1 Å². The van der Waals surface area contributed by atoms with Crippen LogP contribution in [0.2, 0.25) is 0 Å². The second-order valence-electron chi connectivity index (χ2n) is 4.30. The van der Waals surface area contributed by atoms with E-state index in [-0.39, 0.29) is 4.92 Å². The molecule has 0 saturated carbocycles. The molecule has 0 bridgehead atoms. The fourth-order valence-corrected chi connectivity index (χ4v) is 1.85. The molecule has 0 aliphatic carbocycles. The second kappa shape index (κ2) is 6.86. The van der Waals surface area contributed by atoms with Gasteiger partial charge in [-0.05, 0) is 19.3 Å². The Morgan fingerprint density at radius 1 is 1.53 bits per heavy atom. The summed E-state index contributed by atoms with van der Waals surface area (Å²) in [6, 6.07) is 1.12. The standard InChI is InChI=1S/C11H17N5O3/c17-16(18)10-4-7-12-11(10)14-13-6-2-1-3-9-5-8-19-15-9/h4-5,7-8,10-14H,1-3,6H2. The average molecular weight is 267 g/mol. The van der Waals surface area contributed by atoms with E-state index in [1.54, 1.807) is 12.5 Å². The van der Waals surface area contributed by atoms with E-state index in [1.807, 2.05) is 6.07 Å². The Morgan fingerprint density at radius 3 is 3.16 bits per heavy atom. The van der Waals surface area contributed by atoms with Crippen LogP contribution in [0.25, 0.3) is 0 Å². The number of rotatable bonds is 8. The third-order valence-electron chi connectivity index (χ3n) is 2.89. The van der Waals surface area contributed by atoms with Crippen molar-refractivity contribution in [3.05, 3.63) is 40.4 Å². The van der Waals surface area contributed by atoms with Gasteiger partial charge in [-0.15, -0.1) is 0 Å². The second-order valence-corrected chi connectivity index (χ2v) is 4.30. The van der Waals surface area contributed by atoms with Crippen molar-refractivity contribution in [1.82, 2.24) is 21.3 Å². The van der Waals surface area contributed by atoms with Crippen molar-refractivity contribution in [2.45, 2.75) is 31.5 Å². The van der Waals surface area contributed by atoms with E-state index >= 15 is 0 Å². The molecule has 8 nitrogen and oxygen atoms in total. The molecular weight excluding hydrogens is 250 g/mol. The van der Waals surface area contributed by atoms with E-state index in [0.717, 1.165) is 31.5 Å². The molecule has 0 spiro atoms. The molecule has 0 radical (unpaired) electrons. The lowest BCUT2D eigenvalue weighted by molar-refractivity contribution is -0.513. The predicted molar refractivity (Wildman–Crippen MR) is 67.4 cm³/mol. The number of hydrazine groups is 1. The number of nitrogens with zero attached hydrogens (tertiary/aromatic N) is 2. The highest BCUT2D eigenvalue weighted by atomic mass is 16.6. The first-order chi connectivity index (χ1) is 9.27. The molecule has 104 valence electrons. The van der Waals surface area contributed by atoms with Crippen molar-refractivity contribution in [2.75, 3.05) is 6.54 Å². The van der Waals surface area contributed by atoms with Gasteiger partial charge < -0.3 is 9.84 Å². The predicted octanol–water partition coefficient (Wildman–Crippen LogP) is 0.180. The van der Waals surface area contributed by atoms with Crippen LogP contribution in [-0.2, 0) is 6.42 Å². The van der Waals surface area contributed by atoms with Crippen molar-refractivity contribution >= 4 is 0 Å². The lowest BCUT2D eigenvalue weighted by atomic mass is 10.2. The van der Waals surface area contributed by atoms with Gasteiger partial charge in [-0.2, -0.15) is 0 Å². The molecule has 2 atom stereocenters. The van der Waals surface area contributed by atoms with Crippen LogP contribution in [-0.4, -0.2) is 28.8 Å². The molecular formula is C11H17N5O3. The maximum absolute atomic E-state index is 10.7. The molecule has 2 rings (SSSR count). The minimum atomic E-state index is -0.734. The summed E-state index contributed by atoms with van der Waals surface area (Å²) in [5.41, 5.74) is 6.85. The van der Waals surface area contributed by atoms with Gasteiger partial charge in [0.1, 0.15) is 6.26 Å². The largest absolute Gasteiger partial charge is 0.369 e. The normalized spacial score (nSPS) is 21.5. The molecule has 0 aromatic carbocycles. The zero-order chi connectivity index (χ0) is 13.5. The van der Waals surface area contributed by atoms with Gasteiger partial charge in [0, 0.05) is 29.8 Å². The van der Waals surface area contributed by atoms with Crippen molar-refractivity contribution in [2.24, 2.45) is 0 Å². The quantitative estimate of drug-likeness (QED) is 0.350. The van der Waals surface area contributed by atoms with E-state index < -0.39 is 12.2 Å². The molecule has 3 N–H and O–H groups in total. The summed E-state index contributed by atoms with van der Waals surface area (Å²) in [6.45, 7) is 0.737. The number of hydrogen-bond donors (Lipinski definition) is 3. The number of hydrogen-bond acceptors (Lipinski definition) is 7. The van der Waals surface area contributed by atoms with Crippen molar-refractivity contribution < 1.29 is 9.45 Å². The summed E-state index contributed by atoms with van der Waals surface area (Å²) in [6.07, 6.45) is 7.09. The number of nitro groups is 1. The maximum atomic E-state index is 10.7. The summed E-state index contributed by atoms with van der Waals surface area (Å²) >= 11 is 0. The summed E-state index contributed by atoms with van der Waals surface area (Å²) < 4.78 is 4.74. The fraction of sp³-hybridized carbons (Fsp3) is 0.545. The molecule has 19 heavy (non-hydrogen) atoms. The Bertz CT molecular complexity index is 420. The van der Waals surface area contributed by atoms with Crippen LogP contribution in [0.5, 0.6) is 0 Å². The zero-order valence-corrected chi connectivity index (χ0v) is 10.4. The summed E-state index contributed by atoms with van der Waals surface area (Å²) in [5, 5.41) is 17.4. The molecule has 1 aromatic rings. The monoisotopic (exact) mass is 267 g/mol. The number of aromatic nitrogens is 1. The minimum absolute atomic E-state index is 0.319. The highest BCUT2D eigenvalue weighted by molar-refractivity contribution is 5.01. The number of unbranched alkanes of at least 4 members (excludes halogenated alkanes) is 1. The maximum Gasteiger partial charge on any atom is 0.267 e. The fourth-order valence-electron chi connectivity index (χ4n) is 1.85. The van der Waals surface area contributed by atoms with Crippen LogP contribution in [0.1, 0.15) is 18.5 Å². The van der Waals surface area contributed by atoms with E-state index in [2.05, 4.69) is 21.3 Å². The van der Waals surface area contributed by atoms with Gasteiger partial charge in [0.25, 0.3) is 6.04 Å². The Morgan fingerprint density at radius 2 is 2.42 bits per heavy atom. The molecule has 0 saturated heterocycles. The van der Waals surface area contributed by atoms with Gasteiger partial charge in [-0.1, -0.05) is 5.16 Å². The summed E-state index contributed by atoms with van der Waals surface area (Å²) in [7, 11) is 0. The smallest absolute Gasteiger partial charge is 0.267 e. The molecule has 1 aliphatic rings. The third-order valence-corrected chi connectivity index (χ3v) is 2.89. The minimum Gasteiger partial charge on any atom is -0.369 e. The first-order valence-electron chi connectivity index (χ1n) is 6.21. The van der Waals surface area contributed by atoms with Gasteiger partial charge in [-0.3, -0.25) is 15.5 Å². The first kappa shape index (κ1) is 13.5. The highest BCUT2D eigenvalue weighted by Gasteiger charge is 2.31. The topological polar surface area (TPSA) is 105 Å². The van der Waals surface area contributed by atoms with Crippen LogP contribution < -0.4 is 16.2 Å². The van der Waals surface area contributed by atoms with Gasteiger partial charge >= 0.3 is 0 Å². The summed E-state index contributed by atoms with van der Waals surface area (Å²) in [5.74, 6) is 0. The van der Waals surface area contributed by atoms with E-state index in [1.165, 1.54) is 6.08 Å². The number of nitrogens with one attached hydrogen (secondary N) is 3. The van der Waals surface area contributed by atoms with E-state index in [0.29, 0.717) is 0 Å². The molecule has 2 unspecified atom stereocenters. The van der Waals surface area contributed by atoms with Crippen LogP contribution >= 0.6 is 0 Å². The van der Waals surface area contributed by atoms with Crippen molar-refractivity contribution in [1.29, 1.82) is 0 Å². The zero-order valence-electron chi connectivity index (χ0n) is 10.4. The average Bonchev–Trinajstić information content (AvgIpc) is 3.04. The van der Waals surface area contributed by atoms with Gasteiger partial charge in [0.2, 0.25) is 0 Å².